The first kappa shape index (κ1) is 19.9. The number of nitrogens with one attached hydrogen (secondary N) is 2. The Morgan fingerprint density at radius 2 is 1.97 bits per heavy atom. The molecular weight excluding hydrogens is 419 g/mol. The van der Waals surface area contributed by atoms with Crippen molar-refractivity contribution in [3.8, 4) is 0 Å². The first-order valence-corrected chi connectivity index (χ1v) is 11.2. The largest absolute Gasteiger partial charge is 0.361 e. The SMILES string of the molecule is O=C(Cc1c[nH]c2ccc(F)cc12)N1CCc2nc(C3(c4ccccc4)CC3)[nH]c(=O)c2C1. The maximum absolute atomic E-state index is 13.7. The number of aromatic amines is 2. The molecule has 1 amide bonds. The van der Waals surface area contributed by atoms with Crippen LogP contribution in [0.2, 0.25) is 0 Å². The fourth-order valence-corrected chi connectivity index (χ4v) is 4.98. The second kappa shape index (κ2) is 7.40. The molecule has 2 aromatic heterocycles. The molecule has 2 aliphatic rings. The molecule has 1 fully saturated rings. The van der Waals surface area contributed by atoms with Gasteiger partial charge in [-0.3, -0.25) is 9.59 Å². The summed E-state index contributed by atoms with van der Waals surface area (Å²) in [7, 11) is 0. The van der Waals surface area contributed by atoms with E-state index in [0.29, 0.717) is 23.9 Å². The Morgan fingerprint density at radius 1 is 1.15 bits per heavy atom. The molecule has 0 atom stereocenters. The van der Waals surface area contributed by atoms with Crippen LogP contribution in [0.25, 0.3) is 10.9 Å². The highest BCUT2D eigenvalue weighted by molar-refractivity contribution is 5.89. The molecule has 0 spiro atoms. The van der Waals surface area contributed by atoms with Crippen molar-refractivity contribution in [3.05, 3.63) is 99.1 Å². The number of fused-ring (bicyclic) bond motifs is 2. The van der Waals surface area contributed by atoms with Gasteiger partial charge in [0.25, 0.3) is 5.56 Å². The molecule has 4 aromatic rings. The standard InChI is InChI=1S/C26H23FN4O2/c27-18-6-7-21-19(13-18)16(14-28-21)12-23(32)31-11-8-22-20(15-31)24(33)30-25(29-22)26(9-10-26)17-4-2-1-3-5-17/h1-7,13-14,28H,8-12,15H2,(H,29,30,33). The molecule has 0 saturated heterocycles. The highest BCUT2D eigenvalue weighted by Gasteiger charge is 2.48. The summed E-state index contributed by atoms with van der Waals surface area (Å²) in [6.07, 6.45) is 4.38. The van der Waals surface area contributed by atoms with Crippen molar-refractivity contribution in [2.24, 2.45) is 0 Å². The van der Waals surface area contributed by atoms with Gasteiger partial charge < -0.3 is 14.9 Å². The summed E-state index contributed by atoms with van der Waals surface area (Å²) in [6, 6.07) is 14.7. The van der Waals surface area contributed by atoms with Crippen LogP contribution in [0.5, 0.6) is 0 Å². The van der Waals surface area contributed by atoms with Crippen LogP contribution in [-0.4, -0.2) is 32.3 Å². The molecule has 2 N–H and O–H groups in total. The maximum atomic E-state index is 13.7. The van der Waals surface area contributed by atoms with Gasteiger partial charge in [-0.25, -0.2) is 9.37 Å². The summed E-state index contributed by atoms with van der Waals surface area (Å²) >= 11 is 0. The van der Waals surface area contributed by atoms with Crippen molar-refractivity contribution >= 4 is 16.8 Å². The lowest BCUT2D eigenvalue weighted by atomic mass is 9.94. The number of carbonyl (C=O) groups is 1. The molecule has 6 rings (SSSR count). The topological polar surface area (TPSA) is 81.8 Å². The predicted octanol–water partition coefficient (Wildman–Crippen LogP) is 3.60. The van der Waals surface area contributed by atoms with E-state index in [1.165, 1.54) is 17.7 Å². The fraction of sp³-hybridized carbons (Fsp3) is 0.269. The number of halogens is 1. The Balaban J connectivity index is 1.24. The highest BCUT2D eigenvalue weighted by Crippen LogP contribution is 2.51. The minimum Gasteiger partial charge on any atom is -0.361 e. The third-order valence-electron chi connectivity index (χ3n) is 7.02. The fourth-order valence-electron chi connectivity index (χ4n) is 4.98. The van der Waals surface area contributed by atoms with Gasteiger partial charge >= 0.3 is 0 Å². The maximum Gasteiger partial charge on any atom is 0.256 e. The minimum absolute atomic E-state index is 0.0859. The van der Waals surface area contributed by atoms with Gasteiger partial charge in [-0.1, -0.05) is 30.3 Å². The predicted molar refractivity (Wildman–Crippen MR) is 122 cm³/mol. The van der Waals surface area contributed by atoms with Crippen molar-refractivity contribution in [2.45, 2.75) is 37.6 Å². The van der Waals surface area contributed by atoms with Gasteiger partial charge in [-0.2, -0.15) is 0 Å². The van der Waals surface area contributed by atoms with E-state index >= 15 is 0 Å². The van der Waals surface area contributed by atoms with Crippen LogP contribution in [0.3, 0.4) is 0 Å². The zero-order valence-corrected chi connectivity index (χ0v) is 18.0. The van der Waals surface area contributed by atoms with Gasteiger partial charge in [-0.05, 0) is 42.2 Å². The molecule has 7 heteroatoms. The van der Waals surface area contributed by atoms with E-state index in [1.54, 1.807) is 17.2 Å². The Morgan fingerprint density at radius 3 is 2.76 bits per heavy atom. The normalized spacial score (nSPS) is 16.6. The number of carbonyl (C=O) groups excluding carboxylic acids is 1. The number of benzene rings is 2. The minimum atomic E-state index is -0.333. The van der Waals surface area contributed by atoms with E-state index in [1.807, 2.05) is 18.2 Å². The van der Waals surface area contributed by atoms with E-state index < -0.39 is 0 Å². The summed E-state index contributed by atoms with van der Waals surface area (Å²) in [5, 5.41) is 0.709. The van der Waals surface area contributed by atoms with Gasteiger partial charge in [0, 0.05) is 30.1 Å². The van der Waals surface area contributed by atoms with E-state index in [0.717, 1.165) is 35.4 Å². The highest BCUT2D eigenvalue weighted by atomic mass is 19.1. The number of hydrogen-bond donors (Lipinski definition) is 2. The van der Waals surface area contributed by atoms with Crippen LogP contribution in [-0.2, 0) is 29.6 Å². The molecule has 6 nitrogen and oxygen atoms in total. The molecule has 3 heterocycles. The smallest absolute Gasteiger partial charge is 0.256 e. The first-order chi connectivity index (χ1) is 16.0. The summed E-state index contributed by atoms with van der Waals surface area (Å²) in [5.74, 6) is 0.315. The number of rotatable bonds is 4. The van der Waals surface area contributed by atoms with E-state index in [9.17, 15) is 14.0 Å². The molecule has 0 unspecified atom stereocenters. The zero-order valence-electron chi connectivity index (χ0n) is 18.0. The summed E-state index contributed by atoms with van der Waals surface area (Å²) < 4.78 is 13.7. The van der Waals surface area contributed by atoms with Crippen LogP contribution >= 0.6 is 0 Å². The number of amides is 1. The first-order valence-electron chi connectivity index (χ1n) is 11.2. The molecule has 1 saturated carbocycles. The number of aromatic nitrogens is 3. The third kappa shape index (κ3) is 3.35. The Hall–Kier alpha value is -3.74. The second-order valence-electron chi connectivity index (χ2n) is 9.03. The van der Waals surface area contributed by atoms with Crippen molar-refractivity contribution in [2.75, 3.05) is 6.54 Å². The molecular formula is C26H23FN4O2. The Kier molecular flexibility index (Phi) is 4.47. The van der Waals surface area contributed by atoms with Crippen molar-refractivity contribution < 1.29 is 9.18 Å². The van der Waals surface area contributed by atoms with Gasteiger partial charge in [-0.15, -0.1) is 0 Å². The monoisotopic (exact) mass is 442 g/mol. The molecule has 0 radical (unpaired) electrons. The van der Waals surface area contributed by atoms with Crippen molar-refractivity contribution in [1.29, 1.82) is 0 Å². The lowest BCUT2D eigenvalue weighted by molar-refractivity contribution is -0.131. The summed E-state index contributed by atoms with van der Waals surface area (Å²) in [6.45, 7) is 0.753. The lowest BCUT2D eigenvalue weighted by Crippen LogP contribution is -2.41. The Labute approximate surface area is 189 Å². The van der Waals surface area contributed by atoms with Gasteiger partial charge in [0.15, 0.2) is 0 Å². The van der Waals surface area contributed by atoms with E-state index in [4.69, 9.17) is 4.98 Å². The van der Waals surface area contributed by atoms with Crippen molar-refractivity contribution in [3.63, 3.8) is 0 Å². The molecule has 33 heavy (non-hydrogen) atoms. The van der Waals surface area contributed by atoms with Crippen LogP contribution in [0.1, 0.15) is 41.1 Å². The van der Waals surface area contributed by atoms with Gasteiger partial charge in [0.2, 0.25) is 5.91 Å². The summed E-state index contributed by atoms with van der Waals surface area (Å²) in [5.41, 5.74) is 3.71. The van der Waals surface area contributed by atoms with Crippen LogP contribution in [0.15, 0.2) is 59.5 Å². The molecule has 166 valence electrons. The van der Waals surface area contributed by atoms with Crippen LogP contribution < -0.4 is 5.56 Å². The van der Waals surface area contributed by atoms with Crippen LogP contribution in [0.4, 0.5) is 4.39 Å². The number of hydrogen-bond acceptors (Lipinski definition) is 3. The van der Waals surface area contributed by atoms with Gasteiger partial charge in [0.1, 0.15) is 11.6 Å². The quantitative estimate of drug-likeness (QED) is 0.507. The molecule has 1 aliphatic carbocycles. The average molecular weight is 442 g/mol. The number of nitrogens with zero attached hydrogens (tertiary/aromatic N) is 2. The number of H-pyrrole nitrogens is 2. The third-order valence-corrected chi connectivity index (χ3v) is 7.02. The van der Waals surface area contributed by atoms with E-state index in [2.05, 4.69) is 22.1 Å². The Bertz CT molecular complexity index is 1440. The van der Waals surface area contributed by atoms with Crippen molar-refractivity contribution in [1.82, 2.24) is 19.9 Å². The molecule has 0 bridgehead atoms. The molecule has 2 aromatic carbocycles. The lowest BCUT2D eigenvalue weighted by Gasteiger charge is -2.28. The van der Waals surface area contributed by atoms with Gasteiger partial charge in [0.05, 0.1) is 29.6 Å². The molecule has 1 aliphatic heterocycles. The average Bonchev–Trinajstić information content (AvgIpc) is 3.56. The van der Waals surface area contributed by atoms with E-state index in [-0.39, 0.29) is 35.7 Å². The zero-order chi connectivity index (χ0) is 22.6. The van der Waals surface area contributed by atoms with Crippen LogP contribution in [0, 0.1) is 5.82 Å². The second-order valence-corrected chi connectivity index (χ2v) is 9.03. The summed E-state index contributed by atoms with van der Waals surface area (Å²) in [4.78, 5) is 38.7.